The highest BCUT2D eigenvalue weighted by Gasteiger charge is 2.33. The van der Waals surface area contributed by atoms with Crippen molar-refractivity contribution in [2.45, 2.75) is 19.5 Å². The summed E-state index contributed by atoms with van der Waals surface area (Å²) in [5, 5.41) is 1.95. The van der Waals surface area contributed by atoms with E-state index in [0.717, 1.165) is 12.1 Å². The van der Waals surface area contributed by atoms with Gasteiger partial charge in [-0.05, 0) is 55.3 Å². The minimum absolute atomic E-state index is 0.0349. The highest BCUT2D eigenvalue weighted by Crippen LogP contribution is 2.36. The molecule has 0 fully saturated rings. The predicted molar refractivity (Wildman–Crippen MR) is 101 cm³/mol. The Balaban J connectivity index is 1.84. The van der Waals surface area contributed by atoms with Gasteiger partial charge in [0.2, 0.25) is 10.0 Å². The van der Waals surface area contributed by atoms with Gasteiger partial charge in [0.1, 0.15) is 0 Å². The van der Waals surface area contributed by atoms with Gasteiger partial charge in [-0.25, -0.2) is 8.42 Å². The molecule has 2 aromatic carbocycles. The molecule has 0 spiro atoms. The number of rotatable bonds is 4. The van der Waals surface area contributed by atoms with Gasteiger partial charge in [-0.1, -0.05) is 11.6 Å². The van der Waals surface area contributed by atoms with Gasteiger partial charge in [-0.15, -0.1) is 0 Å². The van der Waals surface area contributed by atoms with Gasteiger partial charge in [0.05, 0.1) is 22.0 Å². The zero-order valence-corrected chi connectivity index (χ0v) is 16.2. The number of fused-ring (bicyclic) bond motifs is 1. The van der Waals surface area contributed by atoms with Crippen molar-refractivity contribution in [3.8, 4) is 0 Å². The van der Waals surface area contributed by atoms with Crippen molar-refractivity contribution in [1.29, 1.82) is 0 Å². The number of amides is 1. The number of hydrogen-bond acceptors (Lipinski definition) is 3. The van der Waals surface area contributed by atoms with Gasteiger partial charge < -0.3 is 5.32 Å². The predicted octanol–water partition coefficient (Wildman–Crippen LogP) is 4.32. The lowest BCUT2D eigenvalue weighted by atomic mass is 10.1. The van der Waals surface area contributed by atoms with Crippen molar-refractivity contribution in [2.75, 3.05) is 21.9 Å². The average molecular weight is 433 g/mol. The summed E-state index contributed by atoms with van der Waals surface area (Å²) in [5.41, 5.74) is 0.345. The van der Waals surface area contributed by atoms with Gasteiger partial charge in [-0.3, -0.25) is 9.10 Å². The Morgan fingerprint density at radius 1 is 1.21 bits per heavy atom. The van der Waals surface area contributed by atoms with E-state index in [1.54, 1.807) is 13.0 Å². The Hall–Kier alpha value is -2.26. The van der Waals surface area contributed by atoms with E-state index in [-0.39, 0.29) is 17.0 Å². The standard InChI is InChI=1S/C18H16ClF3N2O3S/c1-2-28(26,27)24-8-7-11-9-12(3-6-16(11)24)17(25)23-13-4-5-15(19)14(10-13)18(20,21)22/h3-6,9-10H,2,7-8H2,1H3,(H,23,25). The number of carbonyl (C=O) groups excluding carboxylic acids is 1. The van der Waals surface area contributed by atoms with E-state index in [1.807, 2.05) is 0 Å². The second-order valence-electron chi connectivity index (χ2n) is 6.21. The van der Waals surface area contributed by atoms with Gasteiger partial charge >= 0.3 is 6.18 Å². The molecule has 1 aliphatic rings. The first-order valence-corrected chi connectivity index (χ1v) is 10.3. The van der Waals surface area contributed by atoms with Gasteiger partial charge in [0, 0.05) is 17.8 Å². The first-order valence-electron chi connectivity index (χ1n) is 8.34. The van der Waals surface area contributed by atoms with E-state index in [1.165, 1.54) is 22.5 Å². The van der Waals surface area contributed by atoms with Crippen LogP contribution in [0.25, 0.3) is 0 Å². The molecule has 10 heteroatoms. The van der Waals surface area contributed by atoms with Crippen LogP contribution < -0.4 is 9.62 Å². The normalized spacial score (nSPS) is 14.1. The van der Waals surface area contributed by atoms with E-state index in [2.05, 4.69) is 5.32 Å². The molecule has 1 N–H and O–H groups in total. The molecule has 1 aliphatic heterocycles. The fourth-order valence-corrected chi connectivity index (χ4v) is 4.36. The third-order valence-corrected chi connectivity index (χ3v) is 6.53. The molecule has 0 saturated carbocycles. The van der Waals surface area contributed by atoms with Crippen LogP contribution in [0.5, 0.6) is 0 Å². The molecule has 0 unspecified atom stereocenters. The minimum atomic E-state index is -4.64. The Morgan fingerprint density at radius 3 is 2.57 bits per heavy atom. The number of nitrogens with one attached hydrogen (secondary N) is 1. The van der Waals surface area contributed by atoms with Crippen LogP contribution in [0.15, 0.2) is 36.4 Å². The van der Waals surface area contributed by atoms with Gasteiger partial charge in [0.15, 0.2) is 0 Å². The second kappa shape index (κ2) is 7.29. The number of halogens is 4. The maximum absolute atomic E-state index is 13.0. The number of sulfonamides is 1. The first-order chi connectivity index (χ1) is 13.0. The molecule has 1 amide bonds. The van der Waals surface area contributed by atoms with Crippen LogP contribution in [0, 0.1) is 0 Å². The van der Waals surface area contributed by atoms with Gasteiger partial charge in [0.25, 0.3) is 5.91 Å². The molecule has 0 aliphatic carbocycles. The molecule has 1 heterocycles. The quantitative estimate of drug-likeness (QED) is 0.782. The largest absolute Gasteiger partial charge is 0.417 e. The molecule has 28 heavy (non-hydrogen) atoms. The second-order valence-corrected chi connectivity index (χ2v) is 8.80. The summed E-state index contributed by atoms with van der Waals surface area (Å²) in [5.74, 6) is -0.637. The summed E-state index contributed by atoms with van der Waals surface area (Å²) in [6, 6.07) is 7.64. The van der Waals surface area contributed by atoms with Crippen LogP contribution in [0.4, 0.5) is 24.5 Å². The monoisotopic (exact) mass is 432 g/mol. The summed E-state index contributed by atoms with van der Waals surface area (Å²) in [6.07, 6.45) is -4.19. The minimum Gasteiger partial charge on any atom is -0.322 e. The lowest BCUT2D eigenvalue weighted by molar-refractivity contribution is -0.137. The van der Waals surface area contributed by atoms with Crippen molar-refractivity contribution >= 4 is 38.9 Å². The molecular formula is C18H16ClF3N2O3S. The Kier molecular flexibility index (Phi) is 5.33. The van der Waals surface area contributed by atoms with Crippen LogP contribution in [0.2, 0.25) is 5.02 Å². The highest BCUT2D eigenvalue weighted by molar-refractivity contribution is 7.92. The summed E-state index contributed by atoms with van der Waals surface area (Å²) < 4.78 is 64.4. The number of benzene rings is 2. The van der Waals surface area contributed by atoms with Crippen LogP contribution in [0.3, 0.4) is 0 Å². The molecule has 5 nitrogen and oxygen atoms in total. The van der Waals surface area contributed by atoms with Crippen LogP contribution in [-0.2, 0) is 22.6 Å². The Labute approximate surface area is 165 Å². The fourth-order valence-electron chi connectivity index (χ4n) is 2.98. The lowest BCUT2D eigenvalue weighted by Crippen LogP contribution is -2.30. The third kappa shape index (κ3) is 3.95. The molecule has 0 atom stereocenters. The summed E-state index contributed by atoms with van der Waals surface area (Å²) in [4.78, 5) is 12.4. The molecule has 0 bridgehead atoms. The summed E-state index contributed by atoms with van der Waals surface area (Å²) in [6.45, 7) is 1.85. The molecule has 2 aromatic rings. The molecule has 0 saturated heterocycles. The third-order valence-electron chi connectivity index (χ3n) is 4.42. The number of anilines is 2. The first kappa shape index (κ1) is 20.5. The Bertz CT molecular complexity index is 1040. The molecular weight excluding hydrogens is 417 g/mol. The van der Waals surface area contributed by atoms with Crippen LogP contribution in [-0.4, -0.2) is 26.6 Å². The van der Waals surface area contributed by atoms with E-state index in [4.69, 9.17) is 11.6 Å². The van der Waals surface area contributed by atoms with Crippen LogP contribution in [0.1, 0.15) is 28.4 Å². The maximum atomic E-state index is 13.0. The number of nitrogens with zero attached hydrogens (tertiary/aromatic N) is 1. The van der Waals surface area contributed by atoms with Crippen molar-refractivity contribution in [3.63, 3.8) is 0 Å². The van der Waals surface area contributed by atoms with Crippen molar-refractivity contribution in [3.05, 3.63) is 58.1 Å². The van der Waals surface area contributed by atoms with E-state index < -0.39 is 32.7 Å². The molecule has 0 radical (unpaired) electrons. The molecule has 3 rings (SSSR count). The lowest BCUT2D eigenvalue weighted by Gasteiger charge is -2.18. The average Bonchev–Trinajstić information content (AvgIpc) is 3.06. The maximum Gasteiger partial charge on any atom is 0.417 e. The van der Waals surface area contributed by atoms with Crippen molar-refractivity contribution in [1.82, 2.24) is 0 Å². The summed E-state index contributed by atoms with van der Waals surface area (Å²) >= 11 is 5.57. The number of carbonyl (C=O) groups is 1. The van der Waals surface area contributed by atoms with Crippen LogP contribution >= 0.6 is 11.6 Å². The topological polar surface area (TPSA) is 66.5 Å². The molecule has 0 aromatic heterocycles. The molecule has 150 valence electrons. The number of hydrogen-bond donors (Lipinski definition) is 1. The smallest absolute Gasteiger partial charge is 0.322 e. The number of alkyl halides is 3. The SMILES string of the molecule is CCS(=O)(=O)N1CCc2cc(C(=O)Nc3ccc(Cl)c(C(F)(F)F)c3)ccc21. The highest BCUT2D eigenvalue weighted by atomic mass is 35.5. The zero-order valence-electron chi connectivity index (χ0n) is 14.7. The van der Waals surface area contributed by atoms with E-state index in [9.17, 15) is 26.4 Å². The van der Waals surface area contributed by atoms with Crippen molar-refractivity contribution in [2.24, 2.45) is 0 Å². The Morgan fingerprint density at radius 2 is 1.93 bits per heavy atom. The van der Waals surface area contributed by atoms with E-state index >= 15 is 0 Å². The van der Waals surface area contributed by atoms with E-state index in [0.29, 0.717) is 24.2 Å². The zero-order chi connectivity index (χ0) is 20.7. The van der Waals surface area contributed by atoms with Gasteiger partial charge in [-0.2, -0.15) is 13.2 Å². The summed E-state index contributed by atoms with van der Waals surface area (Å²) in [7, 11) is -3.40. The van der Waals surface area contributed by atoms with Crippen molar-refractivity contribution < 1.29 is 26.4 Å². The fraction of sp³-hybridized carbons (Fsp3) is 0.278.